The number of aromatic amines is 1. The van der Waals surface area contributed by atoms with E-state index < -0.39 is 0 Å². The number of nitrogens with zero attached hydrogens (tertiary/aromatic N) is 1. The number of benzene rings is 1. The summed E-state index contributed by atoms with van der Waals surface area (Å²) in [4.78, 5) is 0. The lowest BCUT2D eigenvalue weighted by atomic mass is 9.71. The second-order valence-electron chi connectivity index (χ2n) is 6.80. The smallest absolute Gasteiger partial charge is 0.0670 e. The van der Waals surface area contributed by atoms with Gasteiger partial charge in [-0.15, -0.1) is 0 Å². The van der Waals surface area contributed by atoms with Crippen molar-refractivity contribution in [1.29, 1.82) is 0 Å². The number of fused-ring (bicyclic) bond motifs is 1. The fourth-order valence-corrected chi connectivity index (χ4v) is 4.26. The van der Waals surface area contributed by atoms with Gasteiger partial charge in [0.05, 0.1) is 11.7 Å². The van der Waals surface area contributed by atoms with Crippen LogP contribution in [0.4, 0.5) is 5.69 Å². The van der Waals surface area contributed by atoms with E-state index in [0.717, 1.165) is 10.9 Å². The van der Waals surface area contributed by atoms with Crippen molar-refractivity contribution in [2.45, 2.75) is 57.4 Å². The lowest BCUT2D eigenvalue weighted by molar-refractivity contribution is 0.188. The molecule has 0 saturated heterocycles. The number of anilines is 1. The minimum atomic E-state index is 0.654. The van der Waals surface area contributed by atoms with Crippen LogP contribution in [-0.4, -0.2) is 16.2 Å². The summed E-state index contributed by atoms with van der Waals surface area (Å²) in [5, 5.41) is 12.0. The van der Waals surface area contributed by atoms with Crippen LogP contribution in [0, 0.1) is 5.41 Å². The average molecular weight is 269 g/mol. The van der Waals surface area contributed by atoms with Gasteiger partial charge in [-0.05, 0) is 62.1 Å². The van der Waals surface area contributed by atoms with Crippen LogP contribution in [0.1, 0.15) is 51.4 Å². The third-order valence-electron chi connectivity index (χ3n) is 5.52. The van der Waals surface area contributed by atoms with E-state index in [9.17, 15) is 0 Å². The van der Waals surface area contributed by atoms with Crippen molar-refractivity contribution >= 4 is 16.6 Å². The van der Waals surface area contributed by atoms with Gasteiger partial charge < -0.3 is 5.32 Å². The summed E-state index contributed by atoms with van der Waals surface area (Å²) in [5.41, 5.74) is 3.08. The highest BCUT2D eigenvalue weighted by Crippen LogP contribution is 2.49. The Balaban J connectivity index is 1.42. The molecular formula is C17H23N3. The lowest BCUT2D eigenvalue weighted by Gasteiger charge is -2.37. The summed E-state index contributed by atoms with van der Waals surface area (Å²) in [7, 11) is 0. The Bertz CT molecular complexity index is 585. The molecule has 1 aromatic heterocycles. The zero-order chi connectivity index (χ0) is 13.4. The Morgan fingerprint density at radius 3 is 2.70 bits per heavy atom. The highest BCUT2D eigenvalue weighted by molar-refractivity contribution is 5.81. The van der Waals surface area contributed by atoms with Crippen LogP contribution < -0.4 is 5.32 Å². The second kappa shape index (κ2) is 4.80. The minimum absolute atomic E-state index is 0.654. The van der Waals surface area contributed by atoms with Crippen LogP contribution >= 0.6 is 0 Å². The lowest BCUT2D eigenvalue weighted by Crippen LogP contribution is -2.31. The van der Waals surface area contributed by atoms with Gasteiger partial charge >= 0.3 is 0 Å². The molecule has 2 fully saturated rings. The molecule has 0 bridgehead atoms. The molecule has 0 amide bonds. The molecule has 20 heavy (non-hydrogen) atoms. The van der Waals surface area contributed by atoms with Crippen molar-refractivity contribution < 1.29 is 0 Å². The normalized spacial score (nSPS) is 22.6. The van der Waals surface area contributed by atoms with Crippen LogP contribution in [0.25, 0.3) is 10.9 Å². The predicted molar refractivity (Wildman–Crippen MR) is 82.9 cm³/mol. The van der Waals surface area contributed by atoms with Crippen molar-refractivity contribution in [3.63, 3.8) is 0 Å². The summed E-state index contributed by atoms with van der Waals surface area (Å²) in [6.45, 7) is 0. The standard InChI is InChI=1S/C17H23N3/c1-2-8-17(7-1)9-5-14(6-10-17)19-15-4-3-13-12-18-20-16(13)11-15/h3-4,11-12,14,19H,1-2,5-10H2,(H,18,20). The van der Waals surface area contributed by atoms with Crippen molar-refractivity contribution in [3.8, 4) is 0 Å². The Hall–Kier alpha value is -1.51. The van der Waals surface area contributed by atoms with Crippen LogP contribution in [0.3, 0.4) is 0 Å². The van der Waals surface area contributed by atoms with E-state index >= 15 is 0 Å². The highest BCUT2D eigenvalue weighted by Gasteiger charge is 2.37. The van der Waals surface area contributed by atoms with Crippen molar-refractivity contribution in [2.75, 3.05) is 5.32 Å². The van der Waals surface area contributed by atoms with Gasteiger partial charge in [-0.3, -0.25) is 5.10 Å². The monoisotopic (exact) mass is 269 g/mol. The summed E-state index contributed by atoms with van der Waals surface area (Å²) in [6.07, 6.45) is 13.3. The number of H-pyrrole nitrogens is 1. The zero-order valence-electron chi connectivity index (χ0n) is 12.0. The molecule has 3 nitrogen and oxygen atoms in total. The molecule has 4 rings (SSSR count). The van der Waals surface area contributed by atoms with Crippen molar-refractivity contribution in [2.24, 2.45) is 5.41 Å². The maximum atomic E-state index is 4.08. The SMILES string of the molecule is c1cc2cn[nH]c2cc1NC1CCC2(CCCC2)CC1. The zero-order valence-corrected chi connectivity index (χ0v) is 12.0. The third-order valence-corrected chi connectivity index (χ3v) is 5.52. The predicted octanol–water partition coefficient (Wildman–Crippen LogP) is 4.48. The van der Waals surface area contributed by atoms with E-state index in [-0.39, 0.29) is 0 Å². The Morgan fingerprint density at radius 1 is 1.10 bits per heavy atom. The van der Waals surface area contributed by atoms with E-state index in [4.69, 9.17) is 0 Å². The Labute approximate surface area is 120 Å². The molecule has 3 heteroatoms. The van der Waals surface area contributed by atoms with Gasteiger partial charge in [-0.2, -0.15) is 5.10 Å². The van der Waals surface area contributed by atoms with Crippen LogP contribution in [0.15, 0.2) is 24.4 Å². The molecule has 2 aromatic rings. The van der Waals surface area contributed by atoms with Gasteiger partial charge in [0.1, 0.15) is 0 Å². The first-order valence-corrected chi connectivity index (χ1v) is 8.03. The van der Waals surface area contributed by atoms with E-state index in [1.165, 1.54) is 62.4 Å². The molecule has 0 aliphatic heterocycles. The Morgan fingerprint density at radius 2 is 1.90 bits per heavy atom. The maximum Gasteiger partial charge on any atom is 0.0670 e. The largest absolute Gasteiger partial charge is 0.382 e. The van der Waals surface area contributed by atoms with E-state index in [1.54, 1.807) is 0 Å². The number of aromatic nitrogens is 2. The minimum Gasteiger partial charge on any atom is -0.382 e. The fourth-order valence-electron chi connectivity index (χ4n) is 4.26. The fraction of sp³-hybridized carbons (Fsp3) is 0.588. The van der Waals surface area contributed by atoms with Crippen molar-refractivity contribution in [3.05, 3.63) is 24.4 Å². The van der Waals surface area contributed by atoms with E-state index in [1.807, 2.05) is 6.20 Å². The topological polar surface area (TPSA) is 40.7 Å². The molecular weight excluding hydrogens is 246 g/mol. The first-order chi connectivity index (χ1) is 9.83. The molecule has 1 spiro atoms. The van der Waals surface area contributed by atoms with E-state index in [2.05, 4.69) is 33.7 Å². The highest BCUT2D eigenvalue weighted by atomic mass is 15.1. The number of rotatable bonds is 2. The molecule has 1 aromatic carbocycles. The van der Waals surface area contributed by atoms with Gasteiger partial charge in [0, 0.05) is 17.1 Å². The molecule has 1 heterocycles. The quantitative estimate of drug-likeness (QED) is 0.844. The van der Waals surface area contributed by atoms with Crippen LogP contribution in [0.5, 0.6) is 0 Å². The second-order valence-corrected chi connectivity index (χ2v) is 6.80. The molecule has 0 radical (unpaired) electrons. The molecule has 0 atom stereocenters. The first kappa shape index (κ1) is 12.2. The number of hydrogen-bond acceptors (Lipinski definition) is 2. The van der Waals surface area contributed by atoms with Gasteiger partial charge in [0.15, 0.2) is 0 Å². The van der Waals surface area contributed by atoms with Crippen LogP contribution in [0.2, 0.25) is 0 Å². The first-order valence-electron chi connectivity index (χ1n) is 8.03. The molecule has 2 aliphatic carbocycles. The number of nitrogens with one attached hydrogen (secondary N) is 2. The molecule has 2 N–H and O–H groups in total. The third kappa shape index (κ3) is 2.19. The summed E-state index contributed by atoms with van der Waals surface area (Å²) >= 11 is 0. The molecule has 2 aliphatic rings. The summed E-state index contributed by atoms with van der Waals surface area (Å²) in [5.74, 6) is 0. The Kier molecular flexibility index (Phi) is 2.94. The van der Waals surface area contributed by atoms with Crippen molar-refractivity contribution in [1.82, 2.24) is 10.2 Å². The summed E-state index contributed by atoms with van der Waals surface area (Å²) in [6, 6.07) is 7.16. The average Bonchev–Trinajstić information content (AvgIpc) is 3.11. The van der Waals surface area contributed by atoms with Gasteiger partial charge in [0.25, 0.3) is 0 Å². The molecule has 106 valence electrons. The van der Waals surface area contributed by atoms with Gasteiger partial charge in [-0.25, -0.2) is 0 Å². The van der Waals surface area contributed by atoms with E-state index in [0.29, 0.717) is 6.04 Å². The van der Waals surface area contributed by atoms with Crippen LogP contribution in [-0.2, 0) is 0 Å². The summed E-state index contributed by atoms with van der Waals surface area (Å²) < 4.78 is 0. The molecule has 0 unspecified atom stereocenters. The molecule has 2 saturated carbocycles. The van der Waals surface area contributed by atoms with Gasteiger partial charge in [-0.1, -0.05) is 12.8 Å². The maximum absolute atomic E-state index is 4.08. The number of hydrogen-bond donors (Lipinski definition) is 2. The van der Waals surface area contributed by atoms with Gasteiger partial charge in [0.2, 0.25) is 0 Å².